The van der Waals surface area contributed by atoms with Gasteiger partial charge in [-0.3, -0.25) is 4.79 Å². The van der Waals surface area contributed by atoms with Gasteiger partial charge in [0.25, 0.3) is 0 Å². The summed E-state index contributed by atoms with van der Waals surface area (Å²) in [5, 5.41) is 0.845. The molecule has 0 radical (unpaired) electrons. The molecule has 16 heavy (non-hydrogen) atoms. The summed E-state index contributed by atoms with van der Waals surface area (Å²) in [5.41, 5.74) is 3.31. The maximum absolute atomic E-state index is 12.1. The Morgan fingerprint density at radius 3 is 2.56 bits per heavy atom. The van der Waals surface area contributed by atoms with Crippen LogP contribution in [-0.2, 0) is 11.8 Å². The topological polar surface area (TPSA) is 17.1 Å². The lowest BCUT2D eigenvalue weighted by Crippen LogP contribution is -2.12. The number of benzene rings is 1. The van der Waals surface area contributed by atoms with Gasteiger partial charge in [0.05, 0.1) is 0 Å². The van der Waals surface area contributed by atoms with E-state index in [0.717, 1.165) is 23.7 Å². The number of carbonyl (C=O) groups excluding carboxylic acids is 1. The number of rotatable bonds is 5. The van der Waals surface area contributed by atoms with Gasteiger partial charge in [0.15, 0.2) is 5.78 Å². The number of carbonyl (C=O) groups is 1. The van der Waals surface area contributed by atoms with Crippen molar-refractivity contribution in [3.8, 4) is 0 Å². The van der Waals surface area contributed by atoms with Gasteiger partial charge in [-0.2, -0.15) is 0 Å². The molecule has 0 fully saturated rings. The number of hydrogen-bond acceptors (Lipinski definition) is 1. The fourth-order valence-electron chi connectivity index (χ4n) is 1.71. The molecule has 0 bridgehead atoms. The first-order chi connectivity index (χ1) is 7.63. The number of Topliss-reactive ketones (excluding diaryl/α,β-unsaturated/α-hetero) is 1. The molecule has 1 aromatic carbocycles. The SMILES string of the molecule is CCc1cc(CBr)ccc1C(=O)C(C)CC. The van der Waals surface area contributed by atoms with Crippen LogP contribution < -0.4 is 0 Å². The van der Waals surface area contributed by atoms with E-state index >= 15 is 0 Å². The van der Waals surface area contributed by atoms with Gasteiger partial charge in [0, 0.05) is 16.8 Å². The lowest BCUT2D eigenvalue weighted by atomic mass is 9.92. The first-order valence-electron chi connectivity index (χ1n) is 5.86. The van der Waals surface area contributed by atoms with Crippen LogP contribution in [0.5, 0.6) is 0 Å². The van der Waals surface area contributed by atoms with E-state index in [1.54, 1.807) is 0 Å². The van der Waals surface area contributed by atoms with Crippen LogP contribution in [0.4, 0.5) is 0 Å². The number of hydrogen-bond donors (Lipinski definition) is 0. The third-order valence-electron chi connectivity index (χ3n) is 3.03. The largest absolute Gasteiger partial charge is 0.294 e. The molecule has 0 saturated carbocycles. The minimum Gasteiger partial charge on any atom is -0.294 e. The van der Waals surface area contributed by atoms with E-state index < -0.39 is 0 Å². The van der Waals surface area contributed by atoms with Crippen molar-refractivity contribution in [3.63, 3.8) is 0 Å². The second kappa shape index (κ2) is 6.19. The lowest BCUT2D eigenvalue weighted by Gasteiger charge is -2.12. The van der Waals surface area contributed by atoms with Crippen LogP contribution in [0.25, 0.3) is 0 Å². The molecule has 1 rings (SSSR count). The van der Waals surface area contributed by atoms with Gasteiger partial charge in [0.2, 0.25) is 0 Å². The van der Waals surface area contributed by atoms with E-state index in [4.69, 9.17) is 0 Å². The molecule has 88 valence electrons. The highest BCUT2D eigenvalue weighted by atomic mass is 79.9. The van der Waals surface area contributed by atoms with Crippen LogP contribution in [0.15, 0.2) is 18.2 Å². The average Bonchev–Trinajstić information content (AvgIpc) is 2.35. The molecule has 0 aliphatic heterocycles. The van der Waals surface area contributed by atoms with Crippen molar-refractivity contribution in [2.45, 2.75) is 38.9 Å². The Morgan fingerprint density at radius 1 is 1.38 bits per heavy atom. The molecular formula is C14H19BrO. The molecule has 1 aromatic rings. The second-order valence-electron chi connectivity index (χ2n) is 4.15. The summed E-state index contributed by atoms with van der Waals surface area (Å²) >= 11 is 3.44. The van der Waals surface area contributed by atoms with Crippen molar-refractivity contribution in [1.29, 1.82) is 0 Å². The van der Waals surface area contributed by atoms with Gasteiger partial charge in [-0.05, 0) is 24.0 Å². The van der Waals surface area contributed by atoms with E-state index in [-0.39, 0.29) is 11.7 Å². The minimum absolute atomic E-state index is 0.125. The molecule has 1 unspecified atom stereocenters. The molecule has 0 spiro atoms. The molecule has 0 saturated heterocycles. The Kier molecular flexibility index (Phi) is 5.20. The van der Waals surface area contributed by atoms with Gasteiger partial charge in [-0.25, -0.2) is 0 Å². The van der Waals surface area contributed by atoms with Crippen LogP contribution in [0.3, 0.4) is 0 Å². The second-order valence-corrected chi connectivity index (χ2v) is 4.71. The van der Waals surface area contributed by atoms with Crippen LogP contribution in [0.2, 0.25) is 0 Å². The zero-order valence-electron chi connectivity index (χ0n) is 10.2. The Morgan fingerprint density at radius 2 is 2.06 bits per heavy atom. The number of halogens is 1. The van der Waals surface area contributed by atoms with E-state index in [0.29, 0.717) is 0 Å². The van der Waals surface area contributed by atoms with Crippen LogP contribution >= 0.6 is 15.9 Å². The standard InChI is InChI=1S/C14H19BrO/c1-4-10(3)14(16)13-7-6-11(9-15)8-12(13)5-2/h6-8,10H,4-5,9H2,1-3H3. The maximum atomic E-state index is 12.1. The Labute approximate surface area is 106 Å². The fourth-order valence-corrected chi connectivity index (χ4v) is 2.06. The summed E-state index contributed by atoms with van der Waals surface area (Å²) in [5.74, 6) is 0.403. The van der Waals surface area contributed by atoms with E-state index in [1.165, 1.54) is 11.1 Å². The Bertz CT molecular complexity index is 371. The van der Waals surface area contributed by atoms with Crippen LogP contribution in [0, 0.1) is 5.92 Å². The quantitative estimate of drug-likeness (QED) is 0.579. The number of ketones is 1. The summed E-state index contributed by atoms with van der Waals surface area (Å²) in [6.07, 6.45) is 1.82. The lowest BCUT2D eigenvalue weighted by molar-refractivity contribution is 0.0926. The summed E-state index contributed by atoms with van der Waals surface area (Å²) < 4.78 is 0. The van der Waals surface area contributed by atoms with Gasteiger partial charge >= 0.3 is 0 Å². The molecular weight excluding hydrogens is 264 g/mol. The molecule has 1 atom stereocenters. The first kappa shape index (κ1) is 13.4. The molecule has 0 heterocycles. The predicted molar refractivity (Wildman–Crippen MR) is 72.2 cm³/mol. The van der Waals surface area contributed by atoms with E-state index in [9.17, 15) is 4.79 Å². The molecule has 0 amide bonds. The van der Waals surface area contributed by atoms with Crippen molar-refractivity contribution in [3.05, 3.63) is 34.9 Å². The Hall–Kier alpha value is -0.630. The number of alkyl halides is 1. The zero-order chi connectivity index (χ0) is 12.1. The molecule has 2 heteroatoms. The highest BCUT2D eigenvalue weighted by Gasteiger charge is 2.16. The monoisotopic (exact) mass is 282 g/mol. The summed E-state index contributed by atoms with van der Waals surface area (Å²) in [4.78, 5) is 12.1. The molecule has 0 aliphatic rings. The molecule has 1 nitrogen and oxygen atoms in total. The minimum atomic E-state index is 0.125. The summed E-state index contributed by atoms with van der Waals surface area (Å²) in [6, 6.07) is 6.14. The van der Waals surface area contributed by atoms with Gasteiger partial charge < -0.3 is 0 Å². The third-order valence-corrected chi connectivity index (χ3v) is 3.68. The third kappa shape index (κ3) is 2.94. The Balaban J connectivity index is 3.08. The first-order valence-corrected chi connectivity index (χ1v) is 6.98. The van der Waals surface area contributed by atoms with Gasteiger partial charge in [-0.15, -0.1) is 0 Å². The molecule has 0 aliphatic carbocycles. The van der Waals surface area contributed by atoms with Gasteiger partial charge in [-0.1, -0.05) is 54.9 Å². The summed E-state index contributed by atoms with van der Waals surface area (Å²) in [6.45, 7) is 6.15. The van der Waals surface area contributed by atoms with Crippen molar-refractivity contribution in [2.75, 3.05) is 0 Å². The van der Waals surface area contributed by atoms with Crippen LogP contribution in [0.1, 0.15) is 48.7 Å². The smallest absolute Gasteiger partial charge is 0.165 e. The normalized spacial score (nSPS) is 12.5. The van der Waals surface area contributed by atoms with Crippen molar-refractivity contribution < 1.29 is 4.79 Å². The van der Waals surface area contributed by atoms with Crippen molar-refractivity contribution in [2.24, 2.45) is 5.92 Å². The maximum Gasteiger partial charge on any atom is 0.165 e. The fraction of sp³-hybridized carbons (Fsp3) is 0.500. The molecule has 0 N–H and O–H groups in total. The zero-order valence-corrected chi connectivity index (χ0v) is 11.8. The van der Waals surface area contributed by atoms with Crippen molar-refractivity contribution >= 4 is 21.7 Å². The molecule has 0 aromatic heterocycles. The number of aryl methyl sites for hydroxylation is 1. The van der Waals surface area contributed by atoms with Crippen LogP contribution in [-0.4, -0.2) is 5.78 Å². The van der Waals surface area contributed by atoms with Gasteiger partial charge in [0.1, 0.15) is 0 Å². The summed E-state index contributed by atoms with van der Waals surface area (Å²) in [7, 11) is 0. The predicted octanol–water partition coefficient (Wildman–Crippen LogP) is 4.37. The average molecular weight is 283 g/mol. The highest BCUT2D eigenvalue weighted by molar-refractivity contribution is 9.08. The van der Waals surface area contributed by atoms with E-state index in [2.05, 4.69) is 35.8 Å². The van der Waals surface area contributed by atoms with Crippen molar-refractivity contribution in [1.82, 2.24) is 0 Å². The highest BCUT2D eigenvalue weighted by Crippen LogP contribution is 2.19. The van der Waals surface area contributed by atoms with E-state index in [1.807, 2.05) is 19.1 Å².